The SMILES string of the molecule is Cc1ccc(CNC(=O)CSc2ccc3ccccc3n2)cc1. The molecule has 0 aliphatic rings. The first kappa shape index (κ1) is 15.6. The molecule has 0 unspecified atom stereocenters. The van der Waals surface area contributed by atoms with Gasteiger partial charge >= 0.3 is 0 Å². The van der Waals surface area contributed by atoms with Crippen LogP contribution in [0, 0.1) is 6.92 Å². The van der Waals surface area contributed by atoms with Gasteiger partial charge in [-0.15, -0.1) is 0 Å². The molecule has 4 heteroatoms. The fourth-order valence-electron chi connectivity index (χ4n) is 2.22. The zero-order valence-electron chi connectivity index (χ0n) is 13.0. The first-order valence-corrected chi connectivity index (χ1v) is 8.50. The number of amides is 1. The molecule has 1 aromatic heterocycles. The van der Waals surface area contributed by atoms with Crippen molar-refractivity contribution < 1.29 is 4.79 Å². The van der Waals surface area contributed by atoms with Crippen LogP contribution in [0.4, 0.5) is 0 Å². The number of hydrogen-bond acceptors (Lipinski definition) is 3. The Labute approximate surface area is 140 Å². The van der Waals surface area contributed by atoms with Crippen molar-refractivity contribution >= 4 is 28.6 Å². The number of aryl methyl sites for hydroxylation is 1. The van der Waals surface area contributed by atoms with Crippen molar-refractivity contribution in [2.45, 2.75) is 18.5 Å². The molecule has 23 heavy (non-hydrogen) atoms. The molecular formula is C19H18N2OS. The van der Waals surface area contributed by atoms with Crippen molar-refractivity contribution in [3.8, 4) is 0 Å². The lowest BCUT2D eigenvalue weighted by molar-refractivity contribution is -0.118. The van der Waals surface area contributed by atoms with E-state index in [1.807, 2.05) is 48.5 Å². The minimum Gasteiger partial charge on any atom is -0.351 e. The van der Waals surface area contributed by atoms with Crippen LogP contribution in [0.15, 0.2) is 65.7 Å². The van der Waals surface area contributed by atoms with Crippen molar-refractivity contribution in [1.82, 2.24) is 10.3 Å². The fourth-order valence-corrected chi connectivity index (χ4v) is 2.93. The maximum Gasteiger partial charge on any atom is 0.230 e. The number of nitrogens with one attached hydrogen (secondary N) is 1. The summed E-state index contributed by atoms with van der Waals surface area (Å²) >= 11 is 1.46. The molecule has 0 spiro atoms. The standard InChI is InChI=1S/C19H18N2OS/c1-14-6-8-15(9-7-14)12-20-18(22)13-23-19-11-10-16-4-2-3-5-17(16)21-19/h2-11H,12-13H2,1H3,(H,20,22). The number of rotatable bonds is 5. The average Bonchev–Trinajstić information content (AvgIpc) is 2.59. The molecular weight excluding hydrogens is 304 g/mol. The highest BCUT2D eigenvalue weighted by atomic mass is 32.2. The summed E-state index contributed by atoms with van der Waals surface area (Å²) in [5, 5.41) is 4.92. The molecule has 1 N–H and O–H groups in total. The highest BCUT2D eigenvalue weighted by Gasteiger charge is 2.05. The van der Waals surface area contributed by atoms with E-state index in [0.29, 0.717) is 12.3 Å². The lowest BCUT2D eigenvalue weighted by Crippen LogP contribution is -2.24. The summed E-state index contributed by atoms with van der Waals surface area (Å²) in [6, 6.07) is 20.1. The van der Waals surface area contributed by atoms with Gasteiger partial charge in [-0.05, 0) is 24.6 Å². The van der Waals surface area contributed by atoms with E-state index in [1.165, 1.54) is 17.3 Å². The molecule has 116 valence electrons. The lowest BCUT2D eigenvalue weighted by Gasteiger charge is -2.06. The van der Waals surface area contributed by atoms with Crippen LogP contribution in [-0.2, 0) is 11.3 Å². The smallest absolute Gasteiger partial charge is 0.230 e. The zero-order chi connectivity index (χ0) is 16.1. The molecule has 1 amide bonds. The quantitative estimate of drug-likeness (QED) is 0.723. The van der Waals surface area contributed by atoms with E-state index in [9.17, 15) is 4.79 Å². The highest BCUT2D eigenvalue weighted by Crippen LogP contribution is 2.19. The summed E-state index contributed by atoms with van der Waals surface area (Å²) in [7, 11) is 0. The average molecular weight is 322 g/mol. The Morgan fingerprint density at radius 3 is 2.65 bits per heavy atom. The van der Waals surface area contributed by atoms with E-state index < -0.39 is 0 Å². The molecule has 0 atom stereocenters. The van der Waals surface area contributed by atoms with Gasteiger partial charge in [-0.25, -0.2) is 4.98 Å². The van der Waals surface area contributed by atoms with E-state index >= 15 is 0 Å². The molecule has 0 fully saturated rings. The number of hydrogen-bond donors (Lipinski definition) is 1. The number of nitrogens with zero attached hydrogens (tertiary/aromatic N) is 1. The van der Waals surface area contributed by atoms with Gasteiger partial charge in [0.25, 0.3) is 0 Å². The molecule has 1 heterocycles. The van der Waals surface area contributed by atoms with Crippen LogP contribution in [0.2, 0.25) is 0 Å². The summed E-state index contributed by atoms with van der Waals surface area (Å²) in [4.78, 5) is 16.5. The van der Waals surface area contributed by atoms with Gasteiger partial charge in [-0.3, -0.25) is 4.79 Å². The second-order valence-corrected chi connectivity index (χ2v) is 6.39. The topological polar surface area (TPSA) is 42.0 Å². The number of pyridine rings is 1. The third kappa shape index (κ3) is 4.33. The van der Waals surface area contributed by atoms with E-state index in [-0.39, 0.29) is 5.91 Å². The van der Waals surface area contributed by atoms with Crippen LogP contribution in [0.3, 0.4) is 0 Å². The number of aromatic nitrogens is 1. The molecule has 0 saturated heterocycles. The molecule has 0 bridgehead atoms. The first-order valence-electron chi connectivity index (χ1n) is 7.51. The van der Waals surface area contributed by atoms with Crippen LogP contribution in [0.25, 0.3) is 10.9 Å². The number of benzene rings is 2. The third-order valence-corrected chi connectivity index (χ3v) is 4.46. The van der Waals surface area contributed by atoms with Gasteiger partial charge < -0.3 is 5.32 Å². The Bertz CT molecular complexity index is 815. The molecule has 0 aliphatic carbocycles. The molecule has 0 aliphatic heterocycles. The molecule has 3 aromatic rings. The van der Waals surface area contributed by atoms with Gasteiger partial charge in [0.2, 0.25) is 5.91 Å². The van der Waals surface area contributed by atoms with Crippen LogP contribution in [-0.4, -0.2) is 16.6 Å². The van der Waals surface area contributed by atoms with Crippen molar-refractivity contribution in [3.63, 3.8) is 0 Å². The summed E-state index contributed by atoms with van der Waals surface area (Å²) in [5.74, 6) is 0.391. The van der Waals surface area contributed by atoms with Crippen LogP contribution < -0.4 is 5.32 Å². The van der Waals surface area contributed by atoms with Crippen LogP contribution in [0.5, 0.6) is 0 Å². The number of carbonyl (C=O) groups is 1. The van der Waals surface area contributed by atoms with Gasteiger partial charge in [0.1, 0.15) is 0 Å². The summed E-state index contributed by atoms with van der Waals surface area (Å²) in [6.07, 6.45) is 0. The largest absolute Gasteiger partial charge is 0.351 e. The van der Waals surface area contributed by atoms with E-state index in [2.05, 4.69) is 29.4 Å². The monoisotopic (exact) mass is 322 g/mol. The van der Waals surface area contributed by atoms with E-state index in [0.717, 1.165) is 21.5 Å². The van der Waals surface area contributed by atoms with E-state index in [4.69, 9.17) is 0 Å². The number of carbonyl (C=O) groups excluding carboxylic acids is 1. The summed E-state index contributed by atoms with van der Waals surface area (Å²) in [5.41, 5.74) is 3.29. The molecule has 0 radical (unpaired) electrons. The maximum absolute atomic E-state index is 12.0. The predicted molar refractivity (Wildman–Crippen MR) is 95.5 cm³/mol. The Hall–Kier alpha value is -2.33. The van der Waals surface area contributed by atoms with E-state index in [1.54, 1.807) is 0 Å². The maximum atomic E-state index is 12.0. The normalized spacial score (nSPS) is 10.7. The fraction of sp³-hybridized carbons (Fsp3) is 0.158. The number of thioether (sulfide) groups is 1. The minimum atomic E-state index is 0.0190. The molecule has 3 rings (SSSR count). The van der Waals surface area contributed by atoms with Crippen molar-refractivity contribution in [2.24, 2.45) is 0 Å². The van der Waals surface area contributed by atoms with Gasteiger partial charge in [-0.2, -0.15) is 0 Å². The Balaban J connectivity index is 1.52. The van der Waals surface area contributed by atoms with Crippen molar-refractivity contribution in [3.05, 3.63) is 71.8 Å². The second kappa shape index (κ2) is 7.29. The third-order valence-electron chi connectivity index (χ3n) is 3.53. The molecule has 0 saturated carbocycles. The number of para-hydroxylation sites is 1. The Morgan fingerprint density at radius 1 is 1.04 bits per heavy atom. The summed E-state index contributed by atoms with van der Waals surface area (Å²) < 4.78 is 0. The van der Waals surface area contributed by atoms with Crippen molar-refractivity contribution in [2.75, 3.05) is 5.75 Å². The van der Waals surface area contributed by atoms with Gasteiger partial charge in [0.15, 0.2) is 0 Å². The number of fused-ring (bicyclic) bond motifs is 1. The predicted octanol–water partition coefficient (Wildman–Crippen LogP) is 3.95. The lowest BCUT2D eigenvalue weighted by atomic mass is 10.1. The zero-order valence-corrected chi connectivity index (χ0v) is 13.8. The summed E-state index contributed by atoms with van der Waals surface area (Å²) in [6.45, 7) is 2.61. The highest BCUT2D eigenvalue weighted by molar-refractivity contribution is 7.99. The van der Waals surface area contributed by atoms with Gasteiger partial charge in [-0.1, -0.05) is 65.9 Å². The van der Waals surface area contributed by atoms with Gasteiger partial charge in [0.05, 0.1) is 16.3 Å². The van der Waals surface area contributed by atoms with Crippen LogP contribution >= 0.6 is 11.8 Å². The first-order chi connectivity index (χ1) is 11.2. The second-order valence-electron chi connectivity index (χ2n) is 5.39. The Kier molecular flexibility index (Phi) is 4.93. The molecule has 3 nitrogen and oxygen atoms in total. The molecule has 2 aromatic carbocycles. The van der Waals surface area contributed by atoms with Crippen molar-refractivity contribution in [1.29, 1.82) is 0 Å². The Morgan fingerprint density at radius 2 is 1.83 bits per heavy atom. The van der Waals surface area contributed by atoms with Gasteiger partial charge in [0, 0.05) is 11.9 Å². The minimum absolute atomic E-state index is 0.0190. The van der Waals surface area contributed by atoms with Crippen LogP contribution in [0.1, 0.15) is 11.1 Å².